The predicted octanol–water partition coefficient (Wildman–Crippen LogP) is 2.09. The van der Waals surface area contributed by atoms with Gasteiger partial charge in [0.05, 0.1) is 24.8 Å². The molecular weight excluding hydrogens is 588 g/mol. The number of amides is 1. The van der Waals surface area contributed by atoms with Crippen molar-refractivity contribution in [1.29, 1.82) is 0 Å². The van der Waals surface area contributed by atoms with Gasteiger partial charge in [-0.25, -0.2) is 12.7 Å². The summed E-state index contributed by atoms with van der Waals surface area (Å²) in [5.74, 6) is -1.69. The number of hydrogen-bond donors (Lipinski definition) is 3. The van der Waals surface area contributed by atoms with Gasteiger partial charge in [-0.15, -0.1) is 0 Å². The molecule has 13 heteroatoms. The first kappa shape index (κ1) is 32.2. The average molecular weight is 631 g/mol. The number of carbonyl (C=O) groups is 2. The third kappa shape index (κ3) is 6.71. The highest BCUT2D eigenvalue weighted by atomic mass is 32.2. The number of aliphatic hydroxyl groups excluding tert-OH is 1. The Hall–Kier alpha value is -3.23. The third-order valence-corrected chi connectivity index (χ3v) is 10.9. The van der Waals surface area contributed by atoms with Crippen LogP contribution in [0.5, 0.6) is 11.5 Å². The number of hydrogen-bond acceptors (Lipinski definition) is 9. The Morgan fingerprint density at radius 1 is 1.18 bits per heavy atom. The molecule has 2 aromatic carbocycles. The molecule has 3 aliphatic rings. The first-order valence-corrected chi connectivity index (χ1v) is 16.8. The van der Waals surface area contributed by atoms with Crippen LogP contribution in [0.3, 0.4) is 0 Å². The molecule has 3 heterocycles. The summed E-state index contributed by atoms with van der Waals surface area (Å²) >= 11 is 0. The molecule has 12 nitrogen and oxygen atoms in total. The van der Waals surface area contributed by atoms with Crippen LogP contribution in [-0.2, 0) is 32.8 Å². The van der Waals surface area contributed by atoms with Crippen LogP contribution in [0.15, 0.2) is 36.4 Å². The first-order valence-electron chi connectivity index (χ1n) is 15.2. The maximum atomic E-state index is 14.0. The minimum atomic E-state index is -3.38. The van der Waals surface area contributed by atoms with Crippen LogP contribution in [0.25, 0.3) is 0 Å². The fourth-order valence-corrected chi connectivity index (χ4v) is 8.21. The Kier molecular flexibility index (Phi) is 10.1. The average Bonchev–Trinajstić information content (AvgIpc) is 3.72. The first-order chi connectivity index (χ1) is 21.2. The van der Waals surface area contributed by atoms with E-state index in [9.17, 15) is 28.2 Å². The van der Waals surface area contributed by atoms with E-state index in [2.05, 4.69) is 6.92 Å². The highest BCUT2D eigenvalue weighted by molar-refractivity contribution is 7.89. The second-order valence-electron chi connectivity index (χ2n) is 11.7. The molecule has 5 rings (SSSR count). The van der Waals surface area contributed by atoms with Crippen molar-refractivity contribution >= 4 is 27.6 Å². The lowest BCUT2D eigenvalue weighted by atomic mass is 9.83. The number of aliphatic carboxylic acids is 1. The molecule has 2 fully saturated rings. The van der Waals surface area contributed by atoms with Crippen LogP contribution in [0, 0.1) is 5.92 Å². The van der Waals surface area contributed by atoms with Gasteiger partial charge >= 0.3 is 5.97 Å². The van der Waals surface area contributed by atoms with Crippen molar-refractivity contribution in [2.24, 2.45) is 11.7 Å². The molecule has 0 unspecified atom stereocenters. The van der Waals surface area contributed by atoms with E-state index < -0.39 is 33.9 Å². The van der Waals surface area contributed by atoms with E-state index in [1.807, 2.05) is 29.2 Å². The minimum Gasteiger partial charge on any atom is -0.481 e. The minimum absolute atomic E-state index is 0.00528. The van der Waals surface area contributed by atoms with Gasteiger partial charge in [0.1, 0.15) is 0 Å². The highest BCUT2D eigenvalue weighted by Crippen LogP contribution is 2.44. The number of nitrogens with zero attached hydrogens (tertiary/aromatic N) is 3. The SMILES string of the molecule is CCCCN(C(=O)CN1C[C@H](c2cc(CO)c3c(c2)OCO3)[C@@H](C(=O)O)[C@@H]1CCN1CCCS1(=O)=O)c1cccc(CN)c1. The molecule has 0 saturated carbocycles. The zero-order valence-corrected chi connectivity index (χ0v) is 25.9. The lowest BCUT2D eigenvalue weighted by Gasteiger charge is -2.30. The van der Waals surface area contributed by atoms with E-state index >= 15 is 0 Å². The Morgan fingerprint density at radius 2 is 2.00 bits per heavy atom. The van der Waals surface area contributed by atoms with Crippen LogP contribution in [-0.4, -0.2) is 91.0 Å². The molecule has 2 saturated heterocycles. The van der Waals surface area contributed by atoms with Crippen LogP contribution in [0.2, 0.25) is 0 Å². The molecule has 0 aliphatic carbocycles. The van der Waals surface area contributed by atoms with Crippen LogP contribution >= 0.6 is 0 Å². The zero-order chi connectivity index (χ0) is 31.4. The van der Waals surface area contributed by atoms with E-state index in [-0.39, 0.29) is 51.1 Å². The Labute approximate surface area is 258 Å². The van der Waals surface area contributed by atoms with Gasteiger partial charge in [-0.3, -0.25) is 14.5 Å². The third-order valence-electron chi connectivity index (χ3n) is 8.91. The molecule has 0 bridgehead atoms. The van der Waals surface area contributed by atoms with Crippen molar-refractivity contribution < 1.29 is 37.7 Å². The van der Waals surface area contributed by atoms with Gasteiger partial charge in [0, 0.05) is 55.9 Å². The lowest BCUT2D eigenvalue weighted by molar-refractivity contribution is -0.143. The molecule has 240 valence electrons. The summed E-state index contributed by atoms with van der Waals surface area (Å²) < 4.78 is 37.7. The summed E-state index contributed by atoms with van der Waals surface area (Å²) in [4.78, 5) is 30.6. The maximum Gasteiger partial charge on any atom is 0.308 e. The van der Waals surface area contributed by atoms with Crippen molar-refractivity contribution in [2.45, 2.75) is 57.7 Å². The molecule has 2 aromatic rings. The molecule has 0 spiro atoms. The number of nitrogens with two attached hydrogens (primary N) is 1. The number of benzene rings is 2. The number of aliphatic hydroxyl groups is 1. The van der Waals surface area contributed by atoms with Crippen molar-refractivity contribution in [1.82, 2.24) is 9.21 Å². The normalized spacial score (nSPS) is 22.8. The van der Waals surface area contributed by atoms with Gasteiger partial charge in [0.15, 0.2) is 11.5 Å². The Morgan fingerprint density at radius 3 is 2.68 bits per heavy atom. The van der Waals surface area contributed by atoms with Crippen LogP contribution in [0.1, 0.15) is 55.2 Å². The fraction of sp³-hybridized carbons (Fsp3) is 0.548. The van der Waals surface area contributed by atoms with Crippen molar-refractivity contribution in [3.8, 4) is 11.5 Å². The summed E-state index contributed by atoms with van der Waals surface area (Å²) in [5, 5.41) is 20.6. The van der Waals surface area contributed by atoms with Gasteiger partial charge in [0.2, 0.25) is 22.7 Å². The number of carboxylic acids is 1. The number of ether oxygens (including phenoxy) is 2. The van der Waals surface area contributed by atoms with Gasteiger partial charge in [-0.1, -0.05) is 25.5 Å². The number of sulfonamides is 1. The van der Waals surface area contributed by atoms with Crippen LogP contribution in [0.4, 0.5) is 5.69 Å². The summed E-state index contributed by atoms with van der Waals surface area (Å²) in [7, 11) is -3.38. The molecular formula is C31H42N4O8S. The number of carbonyl (C=O) groups excluding carboxylic acids is 1. The van der Waals surface area contributed by atoms with E-state index in [0.29, 0.717) is 48.7 Å². The van der Waals surface area contributed by atoms with Crippen molar-refractivity contribution in [3.05, 3.63) is 53.1 Å². The van der Waals surface area contributed by atoms with Crippen LogP contribution < -0.4 is 20.1 Å². The molecule has 0 radical (unpaired) electrons. The van der Waals surface area contributed by atoms with Gasteiger partial charge in [0.25, 0.3) is 0 Å². The number of unbranched alkanes of at least 4 members (excludes halogenated alkanes) is 1. The fourth-order valence-electron chi connectivity index (χ4n) is 6.67. The monoisotopic (exact) mass is 630 g/mol. The molecule has 44 heavy (non-hydrogen) atoms. The van der Waals surface area contributed by atoms with Crippen molar-refractivity contribution in [2.75, 3.05) is 50.2 Å². The molecule has 3 aliphatic heterocycles. The zero-order valence-electron chi connectivity index (χ0n) is 25.1. The number of anilines is 1. The largest absolute Gasteiger partial charge is 0.481 e. The summed E-state index contributed by atoms with van der Waals surface area (Å²) in [6, 6.07) is 10.4. The Balaban J connectivity index is 1.47. The second kappa shape index (κ2) is 13.8. The number of fused-ring (bicyclic) bond motifs is 1. The standard InChI is InChI=1S/C31H42N4O8S/c1-2-3-10-35(24-7-4-6-21(13-24)16-32)28(37)18-33-17-25(22-14-23(19-36)30-27(15-22)42-20-43-30)29(31(38)39)26(33)8-11-34-9-5-12-44(34,40)41/h4,6-7,13-15,25-26,29,36H,2-3,5,8-12,16-20,32H2,1H3,(H,38,39)/t25-,26+,29-/m1/s1. The molecule has 4 N–H and O–H groups in total. The highest BCUT2D eigenvalue weighted by Gasteiger charge is 2.48. The molecule has 1 amide bonds. The Bertz CT molecular complexity index is 1470. The quantitative estimate of drug-likeness (QED) is 0.299. The maximum absolute atomic E-state index is 14.0. The number of carboxylic acid groups (broad SMARTS) is 1. The smallest absolute Gasteiger partial charge is 0.308 e. The molecule has 3 atom stereocenters. The lowest BCUT2D eigenvalue weighted by Crippen LogP contribution is -2.45. The number of likely N-dealkylation sites (tertiary alicyclic amines) is 1. The van der Waals surface area contributed by atoms with Crippen molar-refractivity contribution in [3.63, 3.8) is 0 Å². The number of rotatable bonds is 13. The van der Waals surface area contributed by atoms with Gasteiger partial charge in [-0.05, 0) is 54.7 Å². The van der Waals surface area contributed by atoms with E-state index in [4.69, 9.17) is 15.2 Å². The summed E-state index contributed by atoms with van der Waals surface area (Å²) in [6.07, 6.45) is 2.47. The topological polar surface area (TPSA) is 163 Å². The van der Waals surface area contributed by atoms with E-state index in [1.165, 1.54) is 4.31 Å². The molecule has 0 aromatic heterocycles. The van der Waals surface area contributed by atoms with E-state index in [1.54, 1.807) is 17.0 Å². The summed E-state index contributed by atoms with van der Waals surface area (Å²) in [6.45, 7) is 3.39. The van der Waals surface area contributed by atoms with E-state index in [0.717, 1.165) is 24.1 Å². The van der Waals surface area contributed by atoms with Gasteiger partial charge in [-0.2, -0.15) is 0 Å². The van der Waals surface area contributed by atoms with Gasteiger partial charge < -0.3 is 30.3 Å². The summed E-state index contributed by atoms with van der Waals surface area (Å²) in [5.41, 5.74) is 8.67. The second-order valence-corrected chi connectivity index (χ2v) is 13.8. The predicted molar refractivity (Wildman–Crippen MR) is 164 cm³/mol.